The smallest absolute Gasteiger partial charge is 0.269 e. The maximum absolute atomic E-state index is 10.7. The Hall–Kier alpha value is -1.95. The predicted octanol–water partition coefficient (Wildman–Crippen LogP) is 1.33. The molecule has 0 saturated carbocycles. The first-order chi connectivity index (χ1) is 7.00. The Labute approximate surface area is 85.8 Å². The van der Waals surface area contributed by atoms with Crippen LogP contribution in [0.15, 0.2) is 24.3 Å². The molecule has 0 radical (unpaired) electrons. The van der Waals surface area contributed by atoms with Crippen LogP contribution in [0.2, 0.25) is 0 Å². The molecule has 0 aliphatic carbocycles. The van der Waals surface area contributed by atoms with Crippen LogP contribution in [0.5, 0.6) is 0 Å². The Balaban J connectivity index is 2.82. The van der Waals surface area contributed by atoms with Crippen molar-refractivity contribution in [3.8, 4) is 0 Å². The summed E-state index contributed by atoms with van der Waals surface area (Å²) in [5.74, 6) is -0.512. The normalized spacial score (nSPS) is 9.73. The molecule has 1 rings (SSSR count). The third-order valence-corrected chi connectivity index (χ3v) is 1.82. The molecule has 6 nitrogen and oxygen atoms in total. The lowest BCUT2D eigenvalue weighted by atomic mass is 10.2. The molecule has 6 heteroatoms. The zero-order valence-corrected chi connectivity index (χ0v) is 8.08. The first-order valence-electron chi connectivity index (χ1n) is 4.21. The molecule has 1 N–H and O–H groups in total. The highest BCUT2D eigenvalue weighted by Crippen LogP contribution is 2.14. The SMILES string of the molecule is CC(=O)N(O)Cc1cccc([N+](=O)[O-])c1. The highest BCUT2D eigenvalue weighted by atomic mass is 16.6. The van der Waals surface area contributed by atoms with Gasteiger partial charge in [0.1, 0.15) is 0 Å². The predicted molar refractivity (Wildman–Crippen MR) is 51.1 cm³/mol. The summed E-state index contributed by atoms with van der Waals surface area (Å²) in [5, 5.41) is 20.1. The van der Waals surface area contributed by atoms with Crippen molar-refractivity contribution in [1.29, 1.82) is 0 Å². The molecule has 0 spiro atoms. The van der Waals surface area contributed by atoms with Gasteiger partial charge in [-0.2, -0.15) is 0 Å². The summed E-state index contributed by atoms with van der Waals surface area (Å²) >= 11 is 0. The molecular weight excluding hydrogens is 200 g/mol. The van der Waals surface area contributed by atoms with Gasteiger partial charge in [-0.3, -0.25) is 20.1 Å². The van der Waals surface area contributed by atoms with Crippen LogP contribution in [-0.4, -0.2) is 21.1 Å². The van der Waals surface area contributed by atoms with Gasteiger partial charge in [-0.25, -0.2) is 5.06 Å². The monoisotopic (exact) mass is 210 g/mol. The van der Waals surface area contributed by atoms with Crippen molar-refractivity contribution in [2.24, 2.45) is 0 Å². The number of benzene rings is 1. The highest BCUT2D eigenvalue weighted by Gasteiger charge is 2.09. The van der Waals surface area contributed by atoms with E-state index in [1.54, 1.807) is 6.07 Å². The van der Waals surface area contributed by atoms with E-state index in [1.807, 2.05) is 0 Å². The fourth-order valence-electron chi connectivity index (χ4n) is 1.05. The fourth-order valence-corrected chi connectivity index (χ4v) is 1.05. The van der Waals surface area contributed by atoms with Gasteiger partial charge >= 0.3 is 0 Å². The van der Waals surface area contributed by atoms with Crippen molar-refractivity contribution >= 4 is 11.6 Å². The average Bonchev–Trinajstić information content (AvgIpc) is 2.18. The van der Waals surface area contributed by atoms with E-state index < -0.39 is 10.8 Å². The van der Waals surface area contributed by atoms with Crippen LogP contribution in [0.1, 0.15) is 12.5 Å². The first-order valence-corrected chi connectivity index (χ1v) is 4.21. The van der Waals surface area contributed by atoms with Gasteiger partial charge in [0.2, 0.25) is 5.91 Å². The molecule has 0 bridgehead atoms. The van der Waals surface area contributed by atoms with Crippen molar-refractivity contribution in [1.82, 2.24) is 5.06 Å². The molecule has 15 heavy (non-hydrogen) atoms. The molecule has 0 unspecified atom stereocenters. The van der Waals surface area contributed by atoms with Gasteiger partial charge in [-0.05, 0) is 5.56 Å². The van der Waals surface area contributed by atoms with Crippen molar-refractivity contribution in [3.05, 3.63) is 39.9 Å². The Morgan fingerprint density at radius 2 is 2.27 bits per heavy atom. The number of hydroxylamine groups is 2. The number of nitrogens with zero attached hydrogens (tertiary/aromatic N) is 2. The molecule has 0 saturated heterocycles. The van der Waals surface area contributed by atoms with E-state index in [9.17, 15) is 14.9 Å². The summed E-state index contributed by atoms with van der Waals surface area (Å²) in [7, 11) is 0. The van der Waals surface area contributed by atoms with Gasteiger partial charge in [-0.1, -0.05) is 12.1 Å². The Bertz CT molecular complexity index is 391. The summed E-state index contributed by atoms with van der Waals surface area (Å²) in [6.07, 6.45) is 0. The Morgan fingerprint density at radius 1 is 1.60 bits per heavy atom. The van der Waals surface area contributed by atoms with Gasteiger partial charge < -0.3 is 0 Å². The standard InChI is InChI=1S/C9H10N2O4/c1-7(12)10(13)6-8-3-2-4-9(5-8)11(14)15/h2-5,13H,6H2,1H3. The summed E-state index contributed by atoms with van der Waals surface area (Å²) in [5.41, 5.74) is 0.436. The molecule has 0 atom stereocenters. The molecule has 0 aliphatic heterocycles. The van der Waals surface area contributed by atoms with Crippen LogP contribution in [0, 0.1) is 10.1 Å². The summed E-state index contributed by atoms with van der Waals surface area (Å²) in [6.45, 7) is 1.15. The molecule has 0 heterocycles. The first kappa shape index (κ1) is 11.1. The van der Waals surface area contributed by atoms with Crippen LogP contribution < -0.4 is 0 Å². The number of hydrogen-bond acceptors (Lipinski definition) is 4. The van der Waals surface area contributed by atoms with Crippen LogP contribution in [0.4, 0.5) is 5.69 Å². The Morgan fingerprint density at radius 3 is 2.80 bits per heavy atom. The third kappa shape index (κ3) is 3.03. The van der Waals surface area contributed by atoms with E-state index in [0.717, 1.165) is 0 Å². The lowest BCUT2D eigenvalue weighted by Crippen LogP contribution is -2.23. The van der Waals surface area contributed by atoms with Crippen LogP contribution in [0.3, 0.4) is 0 Å². The molecule has 0 aromatic heterocycles. The van der Waals surface area contributed by atoms with E-state index in [2.05, 4.69) is 0 Å². The highest BCUT2D eigenvalue weighted by molar-refractivity contribution is 5.71. The molecule has 0 aliphatic rings. The summed E-state index contributed by atoms with van der Waals surface area (Å²) in [6, 6.07) is 5.76. The lowest BCUT2D eigenvalue weighted by Gasteiger charge is -2.11. The Kier molecular flexibility index (Phi) is 3.35. The minimum Gasteiger partial charge on any atom is -0.286 e. The summed E-state index contributed by atoms with van der Waals surface area (Å²) in [4.78, 5) is 20.6. The number of rotatable bonds is 3. The van der Waals surface area contributed by atoms with Crippen molar-refractivity contribution in [2.75, 3.05) is 0 Å². The van der Waals surface area contributed by atoms with E-state index in [4.69, 9.17) is 5.21 Å². The van der Waals surface area contributed by atoms with Crippen LogP contribution in [0.25, 0.3) is 0 Å². The van der Waals surface area contributed by atoms with E-state index >= 15 is 0 Å². The second-order valence-corrected chi connectivity index (χ2v) is 3.00. The van der Waals surface area contributed by atoms with Crippen LogP contribution in [-0.2, 0) is 11.3 Å². The number of carbonyl (C=O) groups excluding carboxylic acids is 1. The number of amides is 1. The number of nitro benzene ring substituents is 1. The summed E-state index contributed by atoms with van der Waals surface area (Å²) < 4.78 is 0. The fraction of sp³-hybridized carbons (Fsp3) is 0.222. The van der Waals surface area contributed by atoms with Crippen molar-refractivity contribution in [3.63, 3.8) is 0 Å². The number of nitro groups is 1. The maximum Gasteiger partial charge on any atom is 0.269 e. The van der Waals surface area contributed by atoms with Crippen molar-refractivity contribution in [2.45, 2.75) is 13.5 Å². The molecular formula is C9H10N2O4. The van der Waals surface area contributed by atoms with E-state index in [0.29, 0.717) is 10.6 Å². The molecule has 1 aromatic rings. The average molecular weight is 210 g/mol. The minimum absolute atomic E-state index is 0.0585. The van der Waals surface area contributed by atoms with Gasteiger partial charge in [0.25, 0.3) is 5.69 Å². The molecule has 80 valence electrons. The molecule has 0 fully saturated rings. The topological polar surface area (TPSA) is 83.7 Å². The third-order valence-electron chi connectivity index (χ3n) is 1.82. The zero-order valence-electron chi connectivity index (χ0n) is 8.08. The van der Waals surface area contributed by atoms with E-state index in [1.165, 1.54) is 25.1 Å². The van der Waals surface area contributed by atoms with Gasteiger partial charge in [0.05, 0.1) is 11.5 Å². The number of hydrogen-bond donors (Lipinski definition) is 1. The largest absolute Gasteiger partial charge is 0.286 e. The lowest BCUT2D eigenvalue weighted by molar-refractivity contribution is -0.384. The number of non-ortho nitro benzene ring substituents is 1. The second kappa shape index (κ2) is 4.52. The zero-order chi connectivity index (χ0) is 11.4. The molecule has 1 amide bonds. The molecule has 1 aromatic carbocycles. The van der Waals surface area contributed by atoms with Gasteiger partial charge in [-0.15, -0.1) is 0 Å². The van der Waals surface area contributed by atoms with E-state index in [-0.39, 0.29) is 12.2 Å². The van der Waals surface area contributed by atoms with Crippen LogP contribution >= 0.6 is 0 Å². The minimum atomic E-state index is -0.529. The van der Waals surface area contributed by atoms with Crippen molar-refractivity contribution < 1.29 is 14.9 Å². The maximum atomic E-state index is 10.7. The van der Waals surface area contributed by atoms with Gasteiger partial charge in [0.15, 0.2) is 0 Å². The number of carbonyl (C=O) groups is 1. The quantitative estimate of drug-likeness (QED) is 0.463. The second-order valence-electron chi connectivity index (χ2n) is 3.00. The van der Waals surface area contributed by atoms with Gasteiger partial charge in [0, 0.05) is 19.1 Å².